The van der Waals surface area contributed by atoms with E-state index in [-0.39, 0.29) is 39.9 Å². The maximum absolute atomic E-state index is 8.49. The van der Waals surface area contributed by atoms with Crippen LogP contribution in [0.1, 0.15) is 11.3 Å². The standard InChI is InChI=1S/C17H19N6O2.2BrH/c1-22-14(11-23-9-3-2-4-16(22)23)12-25-15-7-5-13(6-8-15)10-19-20-17(18)21-24;;/h2-11,24H,12H2,1H3,(H3,18,20,21);2*1H/q+1;;/p-1/b19-10+;;. The number of hydrogen-bond acceptors (Lipinski definition) is 4. The second-order valence-corrected chi connectivity index (χ2v) is 5.34. The highest BCUT2D eigenvalue weighted by Gasteiger charge is 2.13. The van der Waals surface area contributed by atoms with Gasteiger partial charge in [-0.25, -0.2) is 14.4 Å². The molecule has 0 aliphatic heterocycles. The molecule has 4 N–H and O–H groups in total. The van der Waals surface area contributed by atoms with Crippen LogP contribution in [0.15, 0.2) is 65.1 Å². The fourth-order valence-corrected chi connectivity index (χ4v) is 2.36. The van der Waals surface area contributed by atoms with E-state index in [0.717, 1.165) is 22.7 Å². The highest BCUT2D eigenvalue weighted by molar-refractivity contribution is 8.93. The van der Waals surface area contributed by atoms with Crippen LogP contribution in [0.25, 0.3) is 5.65 Å². The lowest BCUT2D eigenvalue weighted by Gasteiger charge is -2.04. The van der Waals surface area contributed by atoms with Crippen LogP contribution in [-0.2, 0) is 13.7 Å². The molecule has 0 unspecified atom stereocenters. The Hall–Kier alpha value is -2.43. The molecule has 0 atom stereocenters. The molecule has 0 amide bonds. The van der Waals surface area contributed by atoms with Gasteiger partial charge in [-0.15, -0.1) is 22.1 Å². The van der Waals surface area contributed by atoms with E-state index in [1.807, 2.05) is 55.8 Å². The number of hydroxylamine groups is 1. The van der Waals surface area contributed by atoms with Crippen molar-refractivity contribution in [3.05, 3.63) is 66.1 Å². The van der Waals surface area contributed by atoms with Crippen molar-refractivity contribution in [1.82, 2.24) is 10.0 Å². The highest BCUT2D eigenvalue weighted by atomic mass is 79.9. The van der Waals surface area contributed by atoms with Gasteiger partial charge in [0.25, 0.3) is 5.65 Å². The lowest BCUT2D eigenvalue weighted by molar-refractivity contribution is -0.511. The Kier molecular flexibility index (Phi) is 8.92. The van der Waals surface area contributed by atoms with E-state index < -0.39 is 0 Å². The summed E-state index contributed by atoms with van der Waals surface area (Å²) in [6, 6.07) is 13.5. The highest BCUT2D eigenvalue weighted by Crippen LogP contribution is 2.14. The van der Waals surface area contributed by atoms with E-state index >= 15 is 0 Å². The van der Waals surface area contributed by atoms with Gasteiger partial charge in [0.2, 0.25) is 5.96 Å². The number of imidazole rings is 1. The molecule has 0 spiro atoms. The molecule has 2 heterocycles. The molecule has 0 bridgehead atoms. The van der Waals surface area contributed by atoms with Gasteiger partial charge < -0.3 is 27.5 Å². The van der Waals surface area contributed by atoms with Crippen LogP contribution in [0.2, 0.25) is 0 Å². The number of benzene rings is 1. The molecule has 0 radical (unpaired) electrons. The van der Waals surface area contributed by atoms with Crippen molar-refractivity contribution in [1.29, 1.82) is 0 Å². The molecule has 8 nitrogen and oxygen atoms in total. The predicted octanol–water partition coefficient (Wildman–Crippen LogP) is -1.45. The van der Waals surface area contributed by atoms with Gasteiger partial charge in [-0.3, -0.25) is 5.21 Å². The van der Waals surface area contributed by atoms with E-state index in [1.165, 1.54) is 6.21 Å². The summed E-state index contributed by atoms with van der Waals surface area (Å²) in [7, 11) is 2.01. The van der Waals surface area contributed by atoms with Gasteiger partial charge in [0.05, 0.1) is 19.5 Å². The maximum Gasteiger partial charge on any atom is 0.286 e. The monoisotopic (exact) mass is 498 g/mol. The minimum absolute atomic E-state index is 0. The number of aryl methyl sites for hydroxylation is 1. The summed E-state index contributed by atoms with van der Waals surface area (Å²) < 4.78 is 10.0. The van der Waals surface area contributed by atoms with Crippen LogP contribution >= 0.6 is 17.0 Å². The van der Waals surface area contributed by atoms with Gasteiger partial charge in [-0.1, -0.05) is 6.07 Å². The fraction of sp³-hybridized carbons (Fsp3) is 0.118. The summed E-state index contributed by atoms with van der Waals surface area (Å²) in [4.78, 5) is 0. The SMILES string of the molecule is Br.Cn1c(COc2ccc(/C=N/N=C(\N)NO)cc2)c[n+]2ccccc12.[Br-]. The van der Waals surface area contributed by atoms with Crippen molar-refractivity contribution in [3.8, 4) is 5.75 Å². The van der Waals surface area contributed by atoms with Gasteiger partial charge in [-0.05, 0) is 35.9 Å². The molecule has 27 heavy (non-hydrogen) atoms. The molecule has 0 aliphatic carbocycles. The molecular weight excluding hydrogens is 480 g/mol. The lowest BCUT2D eigenvalue weighted by Crippen LogP contribution is -3.00. The van der Waals surface area contributed by atoms with Gasteiger partial charge in [0.15, 0.2) is 12.3 Å². The Balaban J connectivity index is 0.00000182. The minimum atomic E-state index is -0.177. The second-order valence-electron chi connectivity index (χ2n) is 5.34. The number of nitrogens with two attached hydrogens (primary N) is 1. The number of nitrogens with zero attached hydrogens (tertiary/aromatic N) is 4. The smallest absolute Gasteiger partial charge is 0.286 e. The zero-order chi connectivity index (χ0) is 17.6. The number of pyridine rings is 1. The number of aromatic nitrogens is 2. The van der Waals surface area contributed by atoms with Crippen molar-refractivity contribution in [2.24, 2.45) is 23.0 Å². The van der Waals surface area contributed by atoms with Gasteiger partial charge in [0, 0.05) is 6.07 Å². The molecule has 0 saturated heterocycles. The molecule has 10 heteroatoms. The third-order valence-electron chi connectivity index (χ3n) is 3.68. The number of hydrogen-bond donors (Lipinski definition) is 3. The van der Waals surface area contributed by atoms with Gasteiger partial charge in [0.1, 0.15) is 11.9 Å². The summed E-state index contributed by atoms with van der Waals surface area (Å²) in [5.74, 6) is 0.580. The summed E-state index contributed by atoms with van der Waals surface area (Å²) in [6.45, 7) is 0.467. The molecule has 0 aliphatic rings. The number of guanidine groups is 1. The van der Waals surface area contributed by atoms with E-state index in [1.54, 1.807) is 5.48 Å². The van der Waals surface area contributed by atoms with E-state index in [9.17, 15) is 0 Å². The Morgan fingerprint density at radius 3 is 2.70 bits per heavy atom. The number of rotatable bonds is 5. The van der Waals surface area contributed by atoms with Crippen molar-refractivity contribution in [2.75, 3.05) is 0 Å². The average Bonchev–Trinajstić information content (AvgIpc) is 2.97. The molecule has 0 saturated carbocycles. The molecule has 3 rings (SSSR count). The quantitative estimate of drug-likeness (QED) is 0.173. The number of ether oxygens (including phenoxy) is 1. The fourth-order valence-electron chi connectivity index (χ4n) is 2.36. The van der Waals surface area contributed by atoms with Crippen LogP contribution in [0.5, 0.6) is 5.75 Å². The molecule has 1 aromatic carbocycles. The minimum Gasteiger partial charge on any atom is -1.00 e. The first-order valence-corrected chi connectivity index (χ1v) is 7.61. The first-order valence-electron chi connectivity index (χ1n) is 7.61. The zero-order valence-electron chi connectivity index (χ0n) is 14.5. The number of halogens is 2. The summed E-state index contributed by atoms with van der Waals surface area (Å²) >= 11 is 0. The third-order valence-corrected chi connectivity index (χ3v) is 3.68. The van der Waals surface area contributed by atoms with Crippen LogP contribution in [0.3, 0.4) is 0 Å². The Morgan fingerprint density at radius 2 is 2.04 bits per heavy atom. The van der Waals surface area contributed by atoms with E-state index in [2.05, 4.69) is 25.2 Å². The molecular formula is C17H20Br2N6O2. The topological polar surface area (TPSA) is 101 Å². The summed E-state index contributed by atoms with van der Waals surface area (Å²) in [5.41, 5.74) is 9.95. The first-order chi connectivity index (χ1) is 12.2. The molecule has 2 aromatic heterocycles. The Labute approximate surface area is 177 Å². The van der Waals surface area contributed by atoms with E-state index in [0.29, 0.717) is 6.61 Å². The van der Waals surface area contributed by atoms with Crippen LogP contribution in [-0.4, -0.2) is 21.9 Å². The normalized spacial score (nSPS) is 11.1. The summed E-state index contributed by atoms with van der Waals surface area (Å²) in [6.07, 6.45) is 5.58. The summed E-state index contributed by atoms with van der Waals surface area (Å²) in [5, 5.41) is 15.8. The predicted molar refractivity (Wildman–Crippen MR) is 104 cm³/mol. The largest absolute Gasteiger partial charge is 1.00 e. The Morgan fingerprint density at radius 1 is 1.30 bits per heavy atom. The van der Waals surface area contributed by atoms with Crippen LogP contribution in [0, 0.1) is 0 Å². The maximum atomic E-state index is 8.49. The zero-order valence-corrected chi connectivity index (χ0v) is 17.8. The molecule has 144 valence electrons. The van der Waals surface area contributed by atoms with Crippen LogP contribution in [0.4, 0.5) is 0 Å². The van der Waals surface area contributed by atoms with Crippen molar-refractivity contribution in [2.45, 2.75) is 6.61 Å². The number of nitrogens with one attached hydrogen (secondary N) is 1. The van der Waals surface area contributed by atoms with Crippen molar-refractivity contribution < 1.29 is 31.3 Å². The van der Waals surface area contributed by atoms with Crippen molar-refractivity contribution >= 4 is 34.8 Å². The van der Waals surface area contributed by atoms with Crippen LogP contribution < -0.4 is 37.3 Å². The average molecular weight is 500 g/mol. The Bertz CT molecular complexity index is 925. The first kappa shape index (κ1) is 22.6. The lowest BCUT2D eigenvalue weighted by atomic mass is 10.2. The number of fused-ring (bicyclic) bond motifs is 1. The third kappa shape index (κ3) is 5.78. The van der Waals surface area contributed by atoms with E-state index in [4.69, 9.17) is 15.7 Å². The van der Waals surface area contributed by atoms with Gasteiger partial charge >= 0.3 is 0 Å². The molecule has 0 fully saturated rings. The van der Waals surface area contributed by atoms with Gasteiger partial charge in [-0.2, -0.15) is 5.10 Å². The molecule has 3 aromatic rings. The van der Waals surface area contributed by atoms with Crippen molar-refractivity contribution in [3.63, 3.8) is 0 Å². The second kappa shape index (κ2) is 10.7.